The molecule has 1 atom stereocenters. The van der Waals surface area contributed by atoms with Crippen molar-refractivity contribution in [2.24, 2.45) is 0 Å². The summed E-state index contributed by atoms with van der Waals surface area (Å²) < 4.78 is 0. The summed E-state index contributed by atoms with van der Waals surface area (Å²) in [6.07, 6.45) is 0.994. The van der Waals surface area contributed by atoms with E-state index in [-0.39, 0.29) is 76.5 Å². The molecular weight excluding hydrogens is 255 g/mol. The van der Waals surface area contributed by atoms with E-state index in [9.17, 15) is 9.59 Å². The number of hydrogen-bond acceptors (Lipinski definition) is 3. The molecule has 1 aromatic rings. The van der Waals surface area contributed by atoms with E-state index in [1.54, 1.807) is 0 Å². The van der Waals surface area contributed by atoms with Gasteiger partial charge in [0.25, 0.3) is 0 Å². The number of benzene rings is 1. The van der Waals surface area contributed by atoms with Gasteiger partial charge in [0.15, 0.2) is 0 Å². The Morgan fingerprint density at radius 1 is 1.22 bits per heavy atom. The fourth-order valence-corrected chi connectivity index (χ4v) is 1.84. The van der Waals surface area contributed by atoms with Crippen molar-refractivity contribution in [2.75, 3.05) is 5.32 Å². The first kappa shape index (κ1) is 17.8. The van der Waals surface area contributed by atoms with Crippen LogP contribution in [0.15, 0.2) is 24.3 Å². The van der Waals surface area contributed by atoms with Gasteiger partial charge in [-0.2, -0.15) is 0 Å². The van der Waals surface area contributed by atoms with Crippen LogP contribution in [0, 0.1) is 14.5 Å². The van der Waals surface area contributed by atoms with E-state index in [2.05, 4.69) is 17.7 Å². The number of imide groups is 1. The monoisotopic (exact) mass is 271 g/mol. The van der Waals surface area contributed by atoms with Crippen molar-refractivity contribution in [1.29, 1.82) is 0 Å². The van der Waals surface area contributed by atoms with Crippen LogP contribution in [0.3, 0.4) is 0 Å². The van der Waals surface area contributed by atoms with Gasteiger partial charge in [0.1, 0.15) is 0 Å². The first-order valence-electron chi connectivity index (χ1n) is 5.17. The molecule has 0 aliphatic carbocycles. The van der Waals surface area contributed by atoms with Crippen molar-refractivity contribution in [3.8, 4) is 0 Å². The van der Waals surface area contributed by atoms with Crippen LogP contribution in [0.5, 0.6) is 0 Å². The smallest absolute Gasteiger partial charge is 0.538 e. The van der Waals surface area contributed by atoms with Crippen molar-refractivity contribution in [3.05, 3.63) is 44.3 Å². The minimum atomic E-state index is -0.212. The van der Waals surface area contributed by atoms with E-state index >= 15 is 0 Å². The molecule has 2 N–H and O–H groups in total. The number of anilines is 1. The normalized spacial score (nSPS) is 18.2. The Labute approximate surface area is 150 Å². The zero-order valence-electron chi connectivity index (χ0n) is 10.8. The predicted octanol–water partition coefficient (Wildman–Crippen LogP) is -1.14. The van der Waals surface area contributed by atoms with Gasteiger partial charge in [0, 0.05) is 12.1 Å². The molecule has 5 heteroatoms. The largest absolute Gasteiger partial charge is 1.00 e. The molecule has 2 rings (SSSR count). The van der Waals surface area contributed by atoms with Crippen molar-refractivity contribution >= 4 is 17.5 Å². The van der Waals surface area contributed by atoms with Crippen molar-refractivity contribution in [1.82, 2.24) is 5.32 Å². The van der Waals surface area contributed by atoms with Crippen molar-refractivity contribution in [3.63, 3.8) is 0 Å². The molecule has 1 heterocycles. The first-order chi connectivity index (χ1) is 7.70. The molecule has 0 radical (unpaired) electrons. The quantitative estimate of drug-likeness (QED) is 0.406. The average Bonchev–Trinajstić information content (AvgIpc) is 2.29. The number of carbonyl (C=O) groups is 2. The second-order valence-electron chi connectivity index (χ2n) is 3.80. The second kappa shape index (κ2) is 8.06. The molecule has 1 aliphatic rings. The number of rotatable bonds is 2. The maximum Gasteiger partial charge on any atom is 1.00 e. The van der Waals surface area contributed by atoms with Gasteiger partial charge in [0.05, 0.1) is 5.92 Å². The Bertz CT molecular complexity index is 418. The Morgan fingerprint density at radius 2 is 1.83 bits per heavy atom. The van der Waals surface area contributed by atoms with Crippen LogP contribution in [-0.4, -0.2) is 11.8 Å². The molecule has 0 spiro atoms. The fraction of sp³-hybridized carbons (Fsp3) is 0.231. The van der Waals surface area contributed by atoms with Crippen molar-refractivity contribution < 1.29 is 61.0 Å². The van der Waals surface area contributed by atoms with Crippen LogP contribution in [0.25, 0.3) is 0 Å². The second-order valence-corrected chi connectivity index (χ2v) is 3.80. The molecule has 4 nitrogen and oxygen atoms in total. The molecule has 1 aromatic carbocycles. The van der Waals surface area contributed by atoms with E-state index in [4.69, 9.17) is 0 Å². The van der Waals surface area contributed by atoms with E-state index in [0.717, 1.165) is 11.3 Å². The summed E-state index contributed by atoms with van der Waals surface area (Å²) in [5, 5.41) is 5.12. The average molecular weight is 271 g/mol. The first-order valence-corrected chi connectivity index (χ1v) is 5.17. The molecule has 0 aromatic heterocycles. The van der Waals surface area contributed by atoms with Gasteiger partial charge in [-0.1, -0.05) is 12.1 Å². The van der Waals surface area contributed by atoms with Crippen molar-refractivity contribution in [2.45, 2.75) is 18.8 Å². The molecule has 1 unspecified atom stereocenters. The van der Waals surface area contributed by atoms with E-state index in [0.29, 0.717) is 12.8 Å². The Morgan fingerprint density at radius 3 is 2.33 bits per heavy atom. The summed E-state index contributed by atoms with van der Waals surface area (Å²) in [4.78, 5) is 22.6. The summed E-state index contributed by atoms with van der Waals surface area (Å²) in [5.41, 5.74) is 1.83. The van der Waals surface area contributed by atoms with Gasteiger partial charge in [-0.3, -0.25) is 22.0 Å². The van der Waals surface area contributed by atoms with Crippen LogP contribution >= 0.6 is 0 Å². The number of piperidine rings is 1. The zero-order valence-corrected chi connectivity index (χ0v) is 13.9. The molecule has 0 bridgehead atoms. The van der Waals surface area contributed by atoms with Crippen LogP contribution in [0.4, 0.5) is 5.69 Å². The predicted molar refractivity (Wildman–Crippen MR) is 67.0 cm³/mol. The fourth-order valence-electron chi connectivity index (χ4n) is 1.84. The Hall–Kier alpha value is -0.204. The summed E-state index contributed by atoms with van der Waals surface area (Å²) in [6, 6.07) is 7.50. The minimum absolute atomic E-state index is 0. The number of amides is 2. The molecule has 0 saturated carbocycles. The number of hydrogen-bond donors (Lipinski definition) is 2. The third-order valence-corrected chi connectivity index (χ3v) is 2.76. The van der Waals surface area contributed by atoms with Gasteiger partial charge in [-0.05, 0) is 24.1 Å². The van der Waals surface area contributed by atoms with Gasteiger partial charge < -0.3 is 12.7 Å². The van der Waals surface area contributed by atoms with Gasteiger partial charge in [-0.25, -0.2) is 0 Å². The molecule has 1 fully saturated rings. The molecule has 1 aliphatic heterocycles. The van der Waals surface area contributed by atoms with Gasteiger partial charge >= 0.3 is 51.4 Å². The van der Waals surface area contributed by atoms with Crippen LogP contribution in [0.1, 0.15) is 24.3 Å². The molecule has 1 saturated heterocycles. The van der Waals surface area contributed by atoms with Gasteiger partial charge in [-0.15, -0.1) is 0 Å². The Balaban J connectivity index is 0.00000144. The molecule has 18 heavy (non-hydrogen) atoms. The van der Waals surface area contributed by atoms with E-state index in [1.165, 1.54) is 0 Å². The SMILES string of the molecule is [CH2-]Nc1ccc(C2CCC(=O)NC2=O)cc1.[CH3-].[K+]. The maximum absolute atomic E-state index is 11.6. The minimum Gasteiger partial charge on any atom is -0.538 e. The third-order valence-electron chi connectivity index (χ3n) is 2.76. The van der Waals surface area contributed by atoms with E-state index < -0.39 is 0 Å². The standard InChI is InChI=1S/C12H13N2O2.CH3.K/c1-13-9-4-2-8(3-5-9)10-6-7-11(15)14-12(10)16;;/h2-5,10,13H,1,6-7H2,(H,14,15,16);1H3;/q2*-1;+1. The van der Waals surface area contributed by atoms with Crippen LogP contribution in [-0.2, 0) is 9.59 Å². The third kappa shape index (κ3) is 4.17. The molecular formula is C13H16KN2O2-. The number of carbonyl (C=O) groups excluding carboxylic acids is 2. The maximum atomic E-state index is 11.6. The summed E-state index contributed by atoms with van der Waals surface area (Å²) in [5.74, 6) is -0.597. The van der Waals surface area contributed by atoms with Crippen LogP contribution in [0.2, 0.25) is 0 Å². The molecule has 92 valence electrons. The zero-order chi connectivity index (χ0) is 11.5. The van der Waals surface area contributed by atoms with Crippen LogP contribution < -0.4 is 62.0 Å². The van der Waals surface area contributed by atoms with E-state index in [1.807, 2.05) is 24.3 Å². The topological polar surface area (TPSA) is 58.2 Å². The summed E-state index contributed by atoms with van der Waals surface area (Å²) >= 11 is 0. The summed E-state index contributed by atoms with van der Waals surface area (Å²) in [7, 11) is 3.55. The molecule has 2 amide bonds. The Kier molecular flexibility index (Phi) is 7.97. The summed E-state index contributed by atoms with van der Waals surface area (Å²) in [6.45, 7) is 0. The number of nitrogens with one attached hydrogen (secondary N) is 2. The van der Waals surface area contributed by atoms with Gasteiger partial charge in [0.2, 0.25) is 11.8 Å².